The number of rotatable bonds is 4. The molecule has 1 N–H and O–H groups in total. The number of nitrogens with zero attached hydrogens (tertiary/aromatic N) is 3. The largest absolute Gasteiger partial charge is 0.497 e. The van der Waals surface area contributed by atoms with Crippen molar-refractivity contribution in [2.75, 3.05) is 43.5 Å². The highest BCUT2D eigenvalue weighted by Gasteiger charge is 2.24. The normalized spacial score (nSPS) is 15.1. The van der Waals surface area contributed by atoms with E-state index in [0.29, 0.717) is 37.4 Å². The fourth-order valence-electron chi connectivity index (χ4n) is 4.53. The summed E-state index contributed by atoms with van der Waals surface area (Å²) in [5.41, 5.74) is 4.78. The lowest BCUT2D eigenvalue weighted by Crippen LogP contribution is -2.48. The smallest absolute Gasteiger partial charge is 0.322 e. The van der Waals surface area contributed by atoms with E-state index >= 15 is 0 Å². The number of hydrogen-bond acceptors (Lipinski definition) is 4. The molecule has 2 aliphatic heterocycles. The third-order valence-electron chi connectivity index (χ3n) is 6.50. The molecule has 0 aliphatic carbocycles. The number of carbonyl (C=O) groups is 2. The minimum Gasteiger partial charge on any atom is -0.497 e. The third kappa shape index (κ3) is 4.55. The number of hydrogen-bond donors (Lipinski definition) is 1. The number of anilines is 2. The molecule has 0 aromatic heterocycles. The Morgan fingerprint density at radius 2 is 1.47 bits per heavy atom. The maximum absolute atomic E-state index is 13.0. The zero-order valence-electron chi connectivity index (χ0n) is 19.2. The molecule has 0 saturated carbocycles. The van der Waals surface area contributed by atoms with Crippen LogP contribution in [0.25, 0.3) is 0 Å². The first kappa shape index (κ1) is 21.8. The van der Waals surface area contributed by atoms with E-state index in [0.717, 1.165) is 24.5 Å². The summed E-state index contributed by atoms with van der Waals surface area (Å²) in [6.45, 7) is 4.07. The van der Waals surface area contributed by atoms with Gasteiger partial charge in [0.05, 0.1) is 7.11 Å². The lowest BCUT2D eigenvalue weighted by atomic mass is 10.1. The molecule has 174 valence electrons. The summed E-state index contributed by atoms with van der Waals surface area (Å²) in [6, 6.07) is 23.1. The predicted molar refractivity (Wildman–Crippen MR) is 132 cm³/mol. The lowest BCUT2D eigenvalue weighted by Gasteiger charge is -2.36. The number of fused-ring (bicyclic) bond motifs is 1. The summed E-state index contributed by atoms with van der Waals surface area (Å²) in [5.74, 6) is 0.843. The van der Waals surface area contributed by atoms with Crippen molar-refractivity contribution in [1.29, 1.82) is 0 Å². The van der Waals surface area contributed by atoms with Crippen LogP contribution in [-0.2, 0) is 13.1 Å². The maximum Gasteiger partial charge on any atom is 0.322 e. The van der Waals surface area contributed by atoms with Crippen LogP contribution in [0.15, 0.2) is 72.8 Å². The highest BCUT2D eigenvalue weighted by molar-refractivity contribution is 5.95. The molecular formula is C27H28N4O3. The number of ether oxygens (including phenoxy) is 1. The monoisotopic (exact) mass is 456 g/mol. The fraction of sp³-hybridized carbons (Fsp3) is 0.259. The molecule has 0 spiro atoms. The first-order chi connectivity index (χ1) is 16.6. The summed E-state index contributed by atoms with van der Waals surface area (Å²) >= 11 is 0. The number of benzene rings is 3. The van der Waals surface area contributed by atoms with Gasteiger partial charge < -0.3 is 24.8 Å². The van der Waals surface area contributed by atoms with Crippen molar-refractivity contribution in [1.82, 2.24) is 9.80 Å². The number of methoxy groups -OCH3 is 1. The van der Waals surface area contributed by atoms with Crippen LogP contribution >= 0.6 is 0 Å². The van der Waals surface area contributed by atoms with Gasteiger partial charge in [-0.15, -0.1) is 0 Å². The predicted octanol–water partition coefficient (Wildman–Crippen LogP) is 4.21. The Morgan fingerprint density at radius 3 is 2.12 bits per heavy atom. The molecular weight excluding hydrogens is 428 g/mol. The zero-order valence-corrected chi connectivity index (χ0v) is 19.2. The van der Waals surface area contributed by atoms with E-state index in [9.17, 15) is 9.59 Å². The molecule has 34 heavy (non-hydrogen) atoms. The molecule has 2 aliphatic rings. The highest BCUT2D eigenvalue weighted by atomic mass is 16.5. The summed E-state index contributed by atoms with van der Waals surface area (Å²) in [6.07, 6.45) is 0. The number of amides is 3. The van der Waals surface area contributed by atoms with Crippen LogP contribution in [0.3, 0.4) is 0 Å². The Kier molecular flexibility index (Phi) is 6.08. The Hall–Kier alpha value is -4.00. The van der Waals surface area contributed by atoms with Gasteiger partial charge in [-0.05, 0) is 47.5 Å². The molecule has 0 atom stereocenters. The van der Waals surface area contributed by atoms with E-state index in [1.165, 1.54) is 11.1 Å². The molecule has 3 aromatic rings. The van der Waals surface area contributed by atoms with Gasteiger partial charge in [-0.3, -0.25) is 4.79 Å². The SMILES string of the molecule is COc1cccc(N2CCN(C(=O)c3ccc(NC(=O)N4Cc5ccccc5C4)cc3)CC2)c1. The van der Waals surface area contributed by atoms with Crippen molar-refractivity contribution in [2.24, 2.45) is 0 Å². The standard InChI is InChI=1S/C27H28N4O3/c1-34-25-8-4-7-24(17-25)29-13-15-30(16-14-29)26(32)20-9-11-23(12-10-20)28-27(33)31-18-21-5-2-3-6-22(21)19-31/h2-12,17H,13-16,18-19H2,1H3,(H,28,33). The molecule has 7 nitrogen and oxygen atoms in total. The van der Waals surface area contributed by atoms with Gasteiger partial charge in [0.25, 0.3) is 5.91 Å². The Balaban J connectivity index is 1.15. The van der Waals surface area contributed by atoms with Crippen LogP contribution < -0.4 is 15.0 Å². The van der Waals surface area contributed by atoms with Gasteiger partial charge in [0.1, 0.15) is 5.75 Å². The van der Waals surface area contributed by atoms with Crippen molar-refractivity contribution in [2.45, 2.75) is 13.1 Å². The van der Waals surface area contributed by atoms with Crippen LogP contribution in [0, 0.1) is 0 Å². The molecule has 0 unspecified atom stereocenters. The molecule has 1 fully saturated rings. The summed E-state index contributed by atoms with van der Waals surface area (Å²) < 4.78 is 5.32. The third-order valence-corrected chi connectivity index (χ3v) is 6.50. The second-order valence-corrected chi connectivity index (χ2v) is 8.61. The van der Waals surface area contributed by atoms with E-state index in [1.54, 1.807) is 36.3 Å². The number of nitrogens with one attached hydrogen (secondary N) is 1. The fourth-order valence-corrected chi connectivity index (χ4v) is 4.53. The molecule has 0 radical (unpaired) electrons. The highest BCUT2D eigenvalue weighted by Crippen LogP contribution is 2.24. The first-order valence-corrected chi connectivity index (χ1v) is 11.5. The number of piperazine rings is 1. The van der Waals surface area contributed by atoms with Gasteiger partial charge in [-0.25, -0.2) is 4.79 Å². The van der Waals surface area contributed by atoms with Crippen molar-refractivity contribution >= 4 is 23.3 Å². The van der Waals surface area contributed by atoms with Crippen molar-refractivity contribution in [3.05, 3.63) is 89.5 Å². The van der Waals surface area contributed by atoms with Crippen LogP contribution in [0.5, 0.6) is 5.75 Å². The Morgan fingerprint density at radius 1 is 0.794 bits per heavy atom. The molecule has 2 heterocycles. The van der Waals surface area contributed by atoms with Crippen LogP contribution in [-0.4, -0.2) is 55.0 Å². The van der Waals surface area contributed by atoms with Gasteiger partial charge in [0, 0.05) is 62.3 Å². The minimum atomic E-state index is -0.135. The molecule has 7 heteroatoms. The maximum atomic E-state index is 13.0. The first-order valence-electron chi connectivity index (χ1n) is 11.5. The van der Waals surface area contributed by atoms with Gasteiger partial charge in [0.15, 0.2) is 0 Å². The topological polar surface area (TPSA) is 65.1 Å². The molecule has 3 aromatic carbocycles. The second kappa shape index (κ2) is 9.47. The van der Waals surface area contributed by atoms with Crippen molar-refractivity contribution < 1.29 is 14.3 Å². The van der Waals surface area contributed by atoms with Gasteiger partial charge in [-0.2, -0.15) is 0 Å². The second-order valence-electron chi connectivity index (χ2n) is 8.61. The quantitative estimate of drug-likeness (QED) is 0.639. The van der Waals surface area contributed by atoms with E-state index in [1.807, 2.05) is 35.2 Å². The average Bonchev–Trinajstić information content (AvgIpc) is 3.34. The van der Waals surface area contributed by atoms with Crippen LogP contribution in [0.4, 0.5) is 16.2 Å². The van der Waals surface area contributed by atoms with Gasteiger partial charge in [-0.1, -0.05) is 30.3 Å². The van der Waals surface area contributed by atoms with Gasteiger partial charge in [0.2, 0.25) is 0 Å². The summed E-state index contributed by atoms with van der Waals surface area (Å²) in [5, 5.41) is 2.94. The minimum absolute atomic E-state index is 0.0122. The van der Waals surface area contributed by atoms with E-state index in [4.69, 9.17) is 4.74 Å². The molecule has 5 rings (SSSR count). The lowest BCUT2D eigenvalue weighted by molar-refractivity contribution is 0.0747. The van der Waals surface area contributed by atoms with E-state index in [-0.39, 0.29) is 11.9 Å². The molecule has 3 amide bonds. The van der Waals surface area contributed by atoms with Crippen LogP contribution in [0.2, 0.25) is 0 Å². The number of urea groups is 1. The van der Waals surface area contributed by atoms with Crippen molar-refractivity contribution in [3.63, 3.8) is 0 Å². The van der Waals surface area contributed by atoms with E-state index in [2.05, 4.69) is 28.4 Å². The average molecular weight is 457 g/mol. The Bertz CT molecular complexity index is 1160. The zero-order chi connectivity index (χ0) is 23.5. The van der Waals surface area contributed by atoms with Crippen LogP contribution in [0.1, 0.15) is 21.5 Å². The van der Waals surface area contributed by atoms with Crippen molar-refractivity contribution in [3.8, 4) is 5.75 Å². The van der Waals surface area contributed by atoms with Gasteiger partial charge >= 0.3 is 6.03 Å². The summed E-state index contributed by atoms with van der Waals surface area (Å²) in [7, 11) is 1.66. The Labute approximate surface area is 199 Å². The molecule has 1 saturated heterocycles. The summed E-state index contributed by atoms with van der Waals surface area (Å²) in [4.78, 5) is 31.6. The number of carbonyl (C=O) groups excluding carboxylic acids is 2. The molecule has 0 bridgehead atoms. The van der Waals surface area contributed by atoms with E-state index < -0.39 is 0 Å².